The van der Waals surface area contributed by atoms with Crippen LogP contribution in [0.15, 0.2) is 42.5 Å². The highest BCUT2D eigenvalue weighted by Gasteiger charge is 2.36. The predicted octanol–water partition coefficient (Wildman–Crippen LogP) is 2.54. The summed E-state index contributed by atoms with van der Waals surface area (Å²) in [6.07, 6.45) is 0.912. The molecule has 0 aromatic heterocycles. The summed E-state index contributed by atoms with van der Waals surface area (Å²) >= 11 is 0. The van der Waals surface area contributed by atoms with Gasteiger partial charge in [0.15, 0.2) is 11.5 Å². The number of nitrogens with one attached hydrogen (secondary N) is 1. The molecule has 0 bridgehead atoms. The van der Waals surface area contributed by atoms with E-state index in [0.29, 0.717) is 30.9 Å². The number of anilines is 1. The van der Waals surface area contributed by atoms with E-state index in [1.165, 1.54) is 0 Å². The number of nitrogens with zero attached hydrogens (tertiary/aromatic N) is 1. The van der Waals surface area contributed by atoms with Gasteiger partial charge in [-0.25, -0.2) is 0 Å². The fourth-order valence-corrected chi connectivity index (χ4v) is 3.32. The molecule has 1 unspecified atom stereocenters. The molecule has 2 aliphatic heterocycles. The molecular formula is C20H20N2O4. The number of amides is 2. The second-order valence-electron chi connectivity index (χ2n) is 6.56. The smallest absolute Gasteiger partial charge is 0.243 e. The molecule has 0 aliphatic carbocycles. The third kappa shape index (κ3) is 3.10. The molecular weight excluding hydrogens is 332 g/mol. The van der Waals surface area contributed by atoms with Crippen molar-refractivity contribution in [2.45, 2.75) is 32.4 Å². The molecule has 1 fully saturated rings. The Balaban J connectivity index is 1.45. The Kier molecular flexibility index (Phi) is 4.24. The lowest BCUT2D eigenvalue weighted by Gasteiger charge is -2.24. The van der Waals surface area contributed by atoms with Crippen LogP contribution in [-0.4, -0.2) is 24.6 Å². The molecule has 2 aliphatic rings. The maximum atomic E-state index is 12.7. The Morgan fingerprint density at radius 2 is 1.92 bits per heavy atom. The number of benzene rings is 2. The van der Waals surface area contributed by atoms with Crippen molar-refractivity contribution >= 4 is 17.5 Å². The quantitative estimate of drug-likeness (QED) is 0.918. The van der Waals surface area contributed by atoms with Crippen molar-refractivity contribution in [2.75, 3.05) is 11.7 Å². The highest BCUT2D eigenvalue weighted by Crippen LogP contribution is 2.32. The zero-order valence-corrected chi connectivity index (χ0v) is 14.5. The van der Waals surface area contributed by atoms with E-state index >= 15 is 0 Å². The number of ether oxygens (including phenoxy) is 2. The Bertz CT molecular complexity index is 847. The monoisotopic (exact) mass is 352 g/mol. The van der Waals surface area contributed by atoms with E-state index < -0.39 is 6.04 Å². The lowest BCUT2D eigenvalue weighted by molar-refractivity contribution is -0.124. The minimum atomic E-state index is -0.473. The first kappa shape index (κ1) is 16.4. The van der Waals surface area contributed by atoms with Gasteiger partial charge >= 0.3 is 0 Å². The fourth-order valence-electron chi connectivity index (χ4n) is 3.32. The van der Waals surface area contributed by atoms with Gasteiger partial charge in [0.25, 0.3) is 0 Å². The van der Waals surface area contributed by atoms with Crippen molar-refractivity contribution < 1.29 is 19.1 Å². The molecule has 2 aromatic rings. The summed E-state index contributed by atoms with van der Waals surface area (Å²) in [7, 11) is 0. The Morgan fingerprint density at radius 1 is 1.15 bits per heavy atom. The van der Waals surface area contributed by atoms with Crippen LogP contribution in [0, 0.1) is 6.92 Å². The number of rotatable bonds is 4. The van der Waals surface area contributed by atoms with Crippen molar-refractivity contribution in [2.24, 2.45) is 0 Å². The van der Waals surface area contributed by atoms with E-state index in [4.69, 9.17) is 9.47 Å². The first-order chi connectivity index (χ1) is 12.6. The Hall–Kier alpha value is -3.02. The Morgan fingerprint density at radius 3 is 2.73 bits per heavy atom. The van der Waals surface area contributed by atoms with E-state index in [-0.39, 0.29) is 18.6 Å². The lowest BCUT2D eigenvalue weighted by Crippen LogP contribution is -2.44. The summed E-state index contributed by atoms with van der Waals surface area (Å²) < 4.78 is 10.6. The van der Waals surface area contributed by atoms with E-state index in [1.54, 1.807) is 4.90 Å². The highest BCUT2D eigenvalue weighted by atomic mass is 16.7. The maximum absolute atomic E-state index is 12.7. The number of hydrogen-bond acceptors (Lipinski definition) is 4. The van der Waals surface area contributed by atoms with Crippen LogP contribution in [-0.2, 0) is 16.1 Å². The van der Waals surface area contributed by atoms with E-state index in [1.807, 2.05) is 49.4 Å². The number of carbonyl (C=O) groups excluding carboxylic acids is 2. The minimum absolute atomic E-state index is 0.0166. The van der Waals surface area contributed by atoms with Gasteiger partial charge in [0.05, 0.1) is 0 Å². The van der Waals surface area contributed by atoms with E-state index in [0.717, 1.165) is 16.8 Å². The predicted molar refractivity (Wildman–Crippen MR) is 96.1 cm³/mol. The van der Waals surface area contributed by atoms with Crippen molar-refractivity contribution in [1.29, 1.82) is 0 Å². The molecule has 4 rings (SSSR count). The van der Waals surface area contributed by atoms with Gasteiger partial charge in [-0.2, -0.15) is 0 Å². The summed E-state index contributed by atoms with van der Waals surface area (Å²) in [5.74, 6) is 1.24. The molecule has 1 atom stereocenters. The minimum Gasteiger partial charge on any atom is -0.454 e. The van der Waals surface area contributed by atoms with Crippen LogP contribution in [0.1, 0.15) is 24.0 Å². The van der Waals surface area contributed by atoms with Gasteiger partial charge in [0, 0.05) is 18.7 Å². The zero-order valence-electron chi connectivity index (χ0n) is 14.5. The highest BCUT2D eigenvalue weighted by molar-refractivity contribution is 6.03. The molecule has 1 N–H and O–H groups in total. The maximum Gasteiger partial charge on any atom is 0.243 e. The zero-order chi connectivity index (χ0) is 18.1. The van der Waals surface area contributed by atoms with Crippen molar-refractivity contribution in [3.8, 4) is 11.5 Å². The van der Waals surface area contributed by atoms with Gasteiger partial charge in [-0.1, -0.05) is 23.8 Å². The van der Waals surface area contributed by atoms with Gasteiger partial charge < -0.3 is 14.8 Å². The molecule has 1 saturated heterocycles. The summed E-state index contributed by atoms with van der Waals surface area (Å²) in [5, 5.41) is 2.93. The van der Waals surface area contributed by atoms with Crippen LogP contribution < -0.4 is 19.7 Å². The Labute approximate surface area is 151 Å². The fraction of sp³-hybridized carbons (Fsp3) is 0.300. The van der Waals surface area contributed by atoms with E-state index in [2.05, 4.69) is 5.32 Å². The summed E-state index contributed by atoms with van der Waals surface area (Å²) in [6, 6.07) is 12.8. The van der Waals surface area contributed by atoms with Crippen LogP contribution in [0.5, 0.6) is 11.5 Å². The number of aryl methyl sites for hydroxylation is 1. The van der Waals surface area contributed by atoms with Crippen molar-refractivity contribution in [1.82, 2.24) is 5.32 Å². The standard InChI is InChI=1S/C20H20N2O4/c1-13-2-5-15(6-3-13)22-16(7-9-19(22)23)20(24)21-11-14-4-8-17-18(10-14)26-12-25-17/h2-6,8,10,16H,7,9,11-12H2,1H3,(H,21,24). The lowest BCUT2D eigenvalue weighted by atomic mass is 10.1. The van der Waals surface area contributed by atoms with Crippen molar-refractivity contribution in [3.05, 3.63) is 53.6 Å². The first-order valence-corrected chi connectivity index (χ1v) is 8.67. The summed E-state index contributed by atoms with van der Waals surface area (Å²) in [5.41, 5.74) is 2.80. The summed E-state index contributed by atoms with van der Waals surface area (Å²) in [4.78, 5) is 26.6. The molecule has 26 heavy (non-hydrogen) atoms. The van der Waals surface area contributed by atoms with Crippen LogP contribution >= 0.6 is 0 Å². The largest absolute Gasteiger partial charge is 0.454 e. The summed E-state index contributed by atoms with van der Waals surface area (Å²) in [6.45, 7) is 2.59. The second kappa shape index (κ2) is 6.71. The average Bonchev–Trinajstić information content (AvgIpc) is 3.26. The molecule has 0 radical (unpaired) electrons. The number of hydrogen-bond donors (Lipinski definition) is 1. The molecule has 6 nitrogen and oxygen atoms in total. The van der Waals surface area contributed by atoms with Crippen LogP contribution in [0.4, 0.5) is 5.69 Å². The third-order valence-electron chi connectivity index (χ3n) is 4.73. The second-order valence-corrected chi connectivity index (χ2v) is 6.56. The van der Waals surface area contributed by atoms with Gasteiger partial charge in [-0.05, 0) is 43.2 Å². The molecule has 2 aromatic carbocycles. The molecule has 0 spiro atoms. The van der Waals surface area contributed by atoms with Crippen LogP contribution in [0.25, 0.3) is 0 Å². The molecule has 0 saturated carbocycles. The normalized spacial score (nSPS) is 18.3. The van der Waals surface area contributed by atoms with Crippen LogP contribution in [0.2, 0.25) is 0 Å². The van der Waals surface area contributed by atoms with Crippen LogP contribution in [0.3, 0.4) is 0 Å². The van der Waals surface area contributed by atoms with E-state index in [9.17, 15) is 9.59 Å². The molecule has 2 amide bonds. The number of fused-ring (bicyclic) bond motifs is 1. The van der Waals surface area contributed by atoms with Gasteiger partial charge in [-0.3, -0.25) is 14.5 Å². The molecule has 6 heteroatoms. The third-order valence-corrected chi connectivity index (χ3v) is 4.73. The molecule has 134 valence electrons. The first-order valence-electron chi connectivity index (χ1n) is 8.67. The number of carbonyl (C=O) groups is 2. The van der Waals surface area contributed by atoms with Crippen molar-refractivity contribution in [3.63, 3.8) is 0 Å². The van der Waals surface area contributed by atoms with Gasteiger partial charge in [0.1, 0.15) is 6.04 Å². The molecule has 2 heterocycles. The van der Waals surface area contributed by atoms with Gasteiger partial charge in [-0.15, -0.1) is 0 Å². The average molecular weight is 352 g/mol. The topological polar surface area (TPSA) is 67.9 Å². The SMILES string of the molecule is Cc1ccc(N2C(=O)CCC2C(=O)NCc2ccc3c(c2)OCO3)cc1. The van der Waals surface area contributed by atoms with Gasteiger partial charge in [0.2, 0.25) is 18.6 Å².